The number of aliphatic hydroxyl groups is 1. The van der Waals surface area contributed by atoms with Crippen molar-refractivity contribution in [3.05, 3.63) is 85.1 Å². The van der Waals surface area contributed by atoms with Crippen LogP contribution >= 0.6 is 7.82 Å². The number of hydrogen-bond donors (Lipinski definition) is 3. The van der Waals surface area contributed by atoms with Crippen LogP contribution in [-0.2, 0) is 18.4 Å². The second kappa shape index (κ2) is 64.2. The maximum absolute atomic E-state index is 13.1. The van der Waals surface area contributed by atoms with E-state index in [-0.39, 0.29) is 19.1 Å². The molecule has 0 saturated heterocycles. The highest BCUT2D eigenvalue weighted by Gasteiger charge is 2.28. The van der Waals surface area contributed by atoms with Gasteiger partial charge in [0.2, 0.25) is 5.91 Å². The molecule has 3 atom stereocenters. The zero-order valence-corrected chi connectivity index (χ0v) is 56.3. The second-order valence-corrected chi connectivity index (χ2v) is 26.7. The van der Waals surface area contributed by atoms with Crippen molar-refractivity contribution in [2.24, 2.45) is 0 Å². The van der Waals surface area contributed by atoms with Crippen LogP contribution in [-0.4, -0.2) is 73.4 Å². The van der Waals surface area contributed by atoms with E-state index in [4.69, 9.17) is 9.05 Å². The standard InChI is InChI=1S/C74H137N2O6P/c1-6-8-10-12-14-16-18-20-22-24-26-28-30-32-33-34-35-36-37-38-39-40-41-42-43-44-46-48-50-52-54-56-58-60-62-64-66-68-74(78)75-72(71-82-83(79,80)81-70-69-76(3,4)5)73(77)67-65-63-61-59-57-55-53-51-49-47-45-31-29-27-25-23-21-19-17-15-13-11-9-7-2/h8,10,14,16,20,22,26,28,32-33,35-36,65,67,72-73,77H,6-7,9,11-13,15,17-19,21,23-25,27,29-31,34,37-64,66,68-71H2,1-5H3,(H-,75,78,79,80)/p+1/b10-8-,16-14-,22-20-,28-26-,33-32-,36-35-,67-65+. The van der Waals surface area contributed by atoms with Gasteiger partial charge in [-0.25, -0.2) is 4.57 Å². The van der Waals surface area contributed by atoms with Crippen LogP contribution in [0.25, 0.3) is 0 Å². The summed E-state index contributed by atoms with van der Waals surface area (Å²) in [5.74, 6) is -0.173. The molecule has 9 heteroatoms. The van der Waals surface area contributed by atoms with E-state index in [1.807, 2.05) is 27.2 Å². The maximum atomic E-state index is 13.1. The third-order valence-electron chi connectivity index (χ3n) is 15.9. The number of carbonyl (C=O) groups excluding carboxylic acids is 1. The molecule has 83 heavy (non-hydrogen) atoms. The van der Waals surface area contributed by atoms with Crippen molar-refractivity contribution in [2.45, 2.75) is 341 Å². The van der Waals surface area contributed by atoms with Gasteiger partial charge in [-0.2, -0.15) is 0 Å². The number of rotatable bonds is 65. The Morgan fingerprint density at radius 3 is 1.06 bits per heavy atom. The Labute approximate surface area is 516 Å². The Kier molecular flexibility index (Phi) is 62.4. The summed E-state index contributed by atoms with van der Waals surface area (Å²) in [6.45, 7) is 4.74. The number of unbranched alkanes of at least 4 members (excludes halogenated alkanes) is 40. The number of phosphoric acid groups is 1. The number of phosphoric ester groups is 1. The molecule has 0 radical (unpaired) electrons. The smallest absolute Gasteiger partial charge is 0.387 e. The number of likely N-dealkylation sites (N-methyl/N-ethyl adjacent to an activating group) is 1. The van der Waals surface area contributed by atoms with E-state index in [1.165, 1.54) is 231 Å². The van der Waals surface area contributed by atoms with Crippen LogP contribution in [0, 0.1) is 0 Å². The Morgan fingerprint density at radius 2 is 0.723 bits per heavy atom. The molecule has 0 bridgehead atoms. The predicted molar refractivity (Wildman–Crippen MR) is 364 cm³/mol. The highest BCUT2D eigenvalue weighted by atomic mass is 31.2. The fourth-order valence-electron chi connectivity index (χ4n) is 10.4. The molecule has 0 spiro atoms. The Hall–Kier alpha value is -2.32. The largest absolute Gasteiger partial charge is 0.472 e. The third-order valence-corrected chi connectivity index (χ3v) is 16.9. The van der Waals surface area contributed by atoms with Gasteiger partial charge in [0.1, 0.15) is 13.2 Å². The highest BCUT2D eigenvalue weighted by molar-refractivity contribution is 7.47. The van der Waals surface area contributed by atoms with Crippen LogP contribution in [0.5, 0.6) is 0 Å². The van der Waals surface area contributed by atoms with Gasteiger partial charge >= 0.3 is 7.82 Å². The molecule has 0 saturated carbocycles. The molecule has 3 unspecified atom stereocenters. The lowest BCUT2D eigenvalue weighted by molar-refractivity contribution is -0.870. The summed E-state index contributed by atoms with van der Waals surface area (Å²) < 4.78 is 23.8. The van der Waals surface area contributed by atoms with E-state index in [1.54, 1.807) is 6.08 Å². The van der Waals surface area contributed by atoms with Crippen molar-refractivity contribution in [3.63, 3.8) is 0 Å². The van der Waals surface area contributed by atoms with E-state index >= 15 is 0 Å². The molecular formula is C74H138N2O6P+. The summed E-state index contributed by atoms with van der Waals surface area (Å²) in [6, 6.07) is -0.850. The molecule has 0 aromatic carbocycles. The fourth-order valence-corrected chi connectivity index (χ4v) is 11.1. The quantitative estimate of drug-likeness (QED) is 0.0243. The first-order valence-electron chi connectivity index (χ1n) is 35.5. The monoisotopic (exact) mass is 1180 g/mol. The number of hydrogen-bond acceptors (Lipinski definition) is 5. The van der Waals surface area contributed by atoms with Crippen molar-refractivity contribution >= 4 is 13.7 Å². The summed E-state index contributed by atoms with van der Waals surface area (Å²) in [7, 11) is 1.58. The summed E-state index contributed by atoms with van der Waals surface area (Å²) >= 11 is 0. The van der Waals surface area contributed by atoms with Gasteiger partial charge in [0.05, 0.1) is 39.9 Å². The molecule has 0 aliphatic heterocycles. The van der Waals surface area contributed by atoms with Crippen LogP contribution in [0.1, 0.15) is 328 Å². The Balaban J connectivity index is 4.03. The molecule has 0 aromatic heterocycles. The fraction of sp³-hybridized carbons (Fsp3) is 0.797. The normalized spacial score (nSPS) is 14.2. The summed E-state index contributed by atoms with van der Waals surface area (Å²) in [4.78, 5) is 23.4. The van der Waals surface area contributed by atoms with Crippen molar-refractivity contribution in [1.82, 2.24) is 5.32 Å². The van der Waals surface area contributed by atoms with Crippen molar-refractivity contribution in [3.8, 4) is 0 Å². The van der Waals surface area contributed by atoms with Crippen LogP contribution in [0.4, 0.5) is 0 Å². The molecular weight excluding hydrogens is 1040 g/mol. The molecule has 1 amide bonds. The van der Waals surface area contributed by atoms with Crippen molar-refractivity contribution in [1.29, 1.82) is 0 Å². The molecule has 3 N–H and O–H groups in total. The van der Waals surface area contributed by atoms with Gasteiger partial charge in [-0.1, -0.05) is 336 Å². The average molecular weight is 1180 g/mol. The van der Waals surface area contributed by atoms with E-state index < -0.39 is 20.0 Å². The number of nitrogens with zero attached hydrogens (tertiary/aromatic N) is 1. The first-order chi connectivity index (χ1) is 40.5. The minimum atomic E-state index is -4.36. The van der Waals surface area contributed by atoms with Crippen molar-refractivity contribution in [2.75, 3.05) is 40.9 Å². The maximum Gasteiger partial charge on any atom is 0.472 e. The lowest BCUT2D eigenvalue weighted by atomic mass is 10.0. The van der Waals surface area contributed by atoms with Gasteiger partial charge in [-0.05, 0) is 70.6 Å². The number of nitrogens with one attached hydrogen (secondary N) is 1. The molecule has 0 heterocycles. The lowest BCUT2D eigenvalue weighted by Crippen LogP contribution is -2.45. The summed E-state index contributed by atoms with van der Waals surface area (Å²) in [5.41, 5.74) is 0. The minimum absolute atomic E-state index is 0.0609. The van der Waals surface area contributed by atoms with E-state index in [2.05, 4.69) is 92.1 Å². The summed E-state index contributed by atoms with van der Waals surface area (Å²) in [6.07, 6.45) is 91.6. The Bertz CT molecular complexity index is 1630. The van der Waals surface area contributed by atoms with Crippen LogP contribution in [0.3, 0.4) is 0 Å². The number of carbonyl (C=O) groups is 1. The zero-order valence-electron chi connectivity index (χ0n) is 55.4. The van der Waals surface area contributed by atoms with Gasteiger partial charge in [-0.3, -0.25) is 13.8 Å². The molecule has 0 aliphatic carbocycles. The number of amides is 1. The average Bonchev–Trinajstić information content (AvgIpc) is 3.50. The number of aliphatic hydroxyl groups excluding tert-OH is 1. The van der Waals surface area contributed by atoms with E-state index in [0.29, 0.717) is 17.4 Å². The first kappa shape index (κ1) is 80.7. The van der Waals surface area contributed by atoms with Gasteiger partial charge in [-0.15, -0.1) is 0 Å². The number of allylic oxidation sites excluding steroid dienone is 13. The molecule has 0 aromatic rings. The van der Waals surface area contributed by atoms with Crippen LogP contribution < -0.4 is 5.32 Å². The van der Waals surface area contributed by atoms with Crippen LogP contribution in [0.2, 0.25) is 0 Å². The second-order valence-electron chi connectivity index (χ2n) is 25.2. The number of quaternary nitrogens is 1. The SMILES string of the molecule is CC/C=C\C/C=C\C/C=C\C/C=C\C/C=C\C/C=C\CCCCCCCCCCCCCCCCCCCCC(=O)NC(COP(=O)(O)OCC[N+](C)(C)C)C(O)/C=C/CCCCCCCCCCCCCCCCCCCCCCCC. The van der Waals surface area contributed by atoms with Gasteiger partial charge in [0, 0.05) is 6.42 Å². The van der Waals surface area contributed by atoms with Crippen LogP contribution in [0.15, 0.2) is 85.1 Å². The molecule has 0 rings (SSSR count). The predicted octanol–water partition coefficient (Wildman–Crippen LogP) is 22.7. The lowest BCUT2D eigenvalue weighted by Gasteiger charge is -2.25. The third kappa shape index (κ3) is 67.1. The topological polar surface area (TPSA) is 105 Å². The van der Waals surface area contributed by atoms with Crippen molar-refractivity contribution < 1.29 is 32.9 Å². The molecule has 0 fully saturated rings. The zero-order chi connectivity index (χ0) is 60.5. The van der Waals surface area contributed by atoms with E-state index in [9.17, 15) is 19.4 Å². The highest BCUT2D eigenvalue weighted by Crippen LogP contribution is 2.43. The minimum Gasteiger partial charge on any atom is -0.387 e. The molecule has 8 nitrogen and oxygen atoms in total. The van der Waals surface area contributed by atoms with Gasteiger partial charge in [0.15, 0.2) is 0 Å². The molecule has 0 aliphatic rings. The summed E-state index contributed by atoms with van der Waals surface area (Å²) in [5, 5.41) is 14.0. The van der Waals surface area contributed by atoms with Gasteiger partial charge < -0.3 is 19.8 Å². The van der Waals surface area contributed by atoms with E-state index in [0.717, 1.165) is 77.0 Å². The Morgan fingerprint density at radius 1 is 0.422 bits per heavy atom. The van der Waals surface area contributed by atoms with Gasteiger partial charge in [0.25, 0.3) is 0 Å². The molecule has 484 valence electrons. The first-order valence-corrected chi connectivity index (χ1v) is 37.0.